The molecule has 13 heavy (non-hydrogen) atoms. The lowest BCUT2D eigenvalue weighted by molar-refractivity contribution is 0.0551. The molecule has 1 aromatic heterocycles. The minimum atomic E-state index is -0.490. The van der Waals surface area contributed by atoms with E-state index >= 15 is 0 Å². The van der Waals surface area contributed by atoms with Crippen LogP contribution in [0.5, 0.6) is 0 Å². The Balaban J connectivity index is 2.52. The molecule has 0 radical (unpaired) electrons. The van der Waals surface area contributed by atoms with Gasteiger partial charge in [-0.05, 0) is 6.92 Å². The van der Waals surface area contributed by atoms with E-state index in [4.69, 9.17) is 10.5 Å². The van der Waals surface area contributed by atoms with E-state index in [0.717, 1.165) is 0 Å². The van der Waals surface area contributed by atoms with Crippen molar-refractivity contribution in [3.63, 3.8) is 0 Å². The van der Waals surface area contributed by atoms with Gasteiger partial charge in [-0.3, -0.25) is 0 Å². The van der Waals surface area contributed by atoms with Crippen LogP contribution in [0.4, 0.5) is 5.13 Å². The Bertz CT molecular complexity index is 362. The number of rotatable bonds is 2. The van der Waals surface area contributed by atoms with E-state index in [-0.39, 0.29) is 12.3 Å². The van der Waals surface area contributed by atoms with Crippen LogP contribution in [-0.2, 0) is 4.74 Å². The van der Waals surface area contributed by atoms with Crippen molar-refractivity contribution in [1.29, 1.82) is 0 Å². The van der Waals surface area contributed by atoms with Gasteiger partial charge in [0.15, 0.2) is 17.4 Å². The summed E-state index contributed by atoms with van der Waals surface area (Å²) in [6.07, 6.45) is 0. The normalized spacial score (nSPS) is 8.69. The van der Waals surface area contributed by atoms with Crippen molar-refractivity contribution in [2.45, 2.75) is 6.92 Å². The first-order valence-electron chi connectivity index (χ1n) is 3.51. The topological polar surface area (TPSA) is 65.2 Å². The highest BCUT2D eigenvalue weighted by atomic mass is 32.1. The number of thiazole rings is 1. The highest BCUT2D eigenvalue weighted by Gasteiger charge is 2.09. The third-order valence-electron chi connectivity index (χ3n) is 1.18. The first-order valence-corrected chi connectivity index (χ1v) is 4.39. The van der Waals surface area contributed by atoms with Gasteiger partial charge in [-0.2, -0.15) is 0 Å². The first kappa shape index (κ1) is 9.55. The smallest absolute Gasteiger partial charge is 0.358 e. The van der Waals surface area contributed by atoms with Gasteiger partial charge in [-0.1, -0.05) is 5.92 Å². The molecule has 4 nitrogen and oxygen atoms in total. The van der Waals surface area contributed by atoms with Crippen LogP contribution in [0.15, 0.2) is 5.38 Å². The Kier molecular flexibility index (Phi) is 3.29. The molecule has 5 heteroatoms. The molecular weight excluding hydrogens is 188 g/mol. The zero-order valence-electron chi connectivity index (χ0n) is 7.03. The maximum absolute atomic E-state index is 11.1. The Morgan fingerprint density at radius 2 is 2.62 bits per heavy atom. The van der Waals surface area contributed by atoms with E-state index < -0.39 is 5.97 Å². The van der Waals surface area contributed by atoms with Crippen molar-refractivity contribution < 1.29 is 9.53 Å². The van der Waals surface area contributed by atoms with Gasteiger partial charge < -0.3 is 10.5 Å². The summed E-state index contributed by atoms with van der Waals surface area (Å²) in [5.41, 5.74) is 5.58. The maximum atomic E-state index is 11.1. The van der Waals surface area contributed by atoms with Crippen LogP contribution in [0, 0.1) is 11.8 Å². The van der Waals surface area contributed by atoms with Gasteiger partial charge in [0, 0.05) is 5.38 Å². The van der Waals surface area contributed by atoms with E-state index in [1.807, 2.05) is 0 Å². The van der Waals surface area contributed by atoms with Gasteiger partial charge in [0.2, 0.25) is 0 Å². The minimum absolute atomic E-state index is 0.0900. The fourth-order valence-electron chi connectivity index (χ4n) is 0.629. The van der Waals surface area contributed by atoms with Crippen molar-refractivity contribution in [2.75, 3.05) is 12.3 Å². The second kappa shape index (κ2) is 4.48. The number of nitrogen functional groups attached to an aromatic ring is 1. The number of anilines is 1. The lowest BCUT2D eigenvalue weighted by Gasteiger charge is -1.95. The van der Waals surface area contributed by atoms with Gasteiger partial charge in [-0.15, -0.1) is 17.3 Å². The second-order valence-electron chi connectivity index (χ2n) is 2.07. The molecule has 1 heterocycles. The predicted molar refractivity (Wildman–Crippen MR) is 50.3 cm³/mol. The van der Waals surface area contributed by atoms with Crippen LogP contribution < -0.4 is 5.73 Å². The van der Waals surface area contributed by atoms with Crippen molar-refractivity contribution in [2.24, 2.45) is 0 Å². The molecule has 0 saturated heterocycles. The molecule has 0 saturated carbocycles. The molecule has 1 rings (SSSR count). The summed E-state index contributed by atoms with van der Waals surface area (Å²) < 4.78 is 4.76. The number of aromatic nitrogens is 1. The zero-order chi connectivity index (χ0) is 9.68. The van der Waals surface area contributed by atoms with E-state index in [1.54, 1.807) is 12.3 Å². The molecule has 0 amide bonds. The number of hydrogen-bond donors (Lipinski definition) is 1. The van der Waals surface area contributed by atoms with Crippen LogP contribution >= 0.6 is 11.3 Å². The van der Waals surface area contributed by atoms with E-state index in [2.05, 4.69) is 16.8 Å². The maximum Gasteiger partial charge on any atom is 0.358 e. The highest BCUT2D eigenvalue weighted by Crippen LogP contribution is 2.11. The third kappa shape index (κ3) is 2.76. The molecule has 0 aliphatic heterocycles. The summed E-state index contributed by atoms with van der Waals surface area (Å²) in [5, 5.41) is 1.91. The molecule has 0 fully saturated rings. The fourth-order valence-corrected chi connectivity index (χ4v) is 1.16. The molecule has 1 aromatic rings. The van der Waals surface area contributed by atoms with E-state index in [1.165, 1.54) is 11.3 Å². The van der Waals surface area contributed by atoms with Gasteiger partial charge >= 0.3 is 5.97 Å². The molecule has 68 valence electrons. The lowest BCUT2D eigenvalue weighted by Crippen LogP contribution is -2.05. The summed E-state index contributed by atoms with van der Waals surface area (Å²) >= 11 is 1.20. The lowest BCUT2D eigenvalue weighted by atomic mass is 10.5. The summed E-state index contributed by atoms with van der Waals surface area (Å²) in [6, 6.07) is 0. The number of carbonyl (C=O) groups is 1. The zero-order valence-corrected chi connectivity index (χ0v) is 7.85. The Morgan fingerprint density at radius 1 is 1.85 bits per heavy atom. The minimum Gasteiger partial charge on any atom is -0.448 e. The third-order valence-corrected chi connectivity index (χ3v) is 1.86. The van der Waals surface area contributed by atoms with Crippen molar-refractivity contribution in [3.05, 3.63) is 11.1 Å². The largest absolute Gasteiger partial charge is 0.448 e. The summed E-state index contributed by atoms with van der Waals surface area (Å²) in [6.45, 7) is 1.77. The van der Waals surface area contributed by atoms with Crippen LogP contribution in [0.3, 0.4) is 0 Å². The average Bonchev–Trinajstić information content (AvgIpc) is 2.52. The van der Waals surface area contributed by atoms with E-state index in [0.29, 0.717) is 5.13 Å². The molecule has 0 spiro atoms. The van der Waals surface area contributed by atoms with Crippen LogP contribution in [0.1, 0.15) is 17.4 Å². The quantitative estimate of drug-likeness (QED) is 0.564. The monoisotopic (exact) mass is 196 g/mol. The van der Waals surface area contributed by atoms with Crippen molar-refractivity contribution in [1.82, 2.24) is 4.98 Å². The summed E-state index contributed by atoms with van der Waals surface area (Å²) in [5.74, 6) is 4.73. The van der Waals surface area contributed by atoms with Crippen molar-refractivity contribution in [3.8, 4) is 11.8 Å². The Morgan fingerprint density at radius 3 is 3.15 bits per heavy atom. The van der Waals surface area contributed by atoms with Crippen LogP contribution in [0.2, 0.25) is 0 Å². The molecule has 0 aromatic carbocycles. The number of nitrogens with zero attached hydrogens (tertiary/aromatic N) is 1. The van der Waals surface area contributed by atoms with Crippen LogP contribution in [-0.4, -0.2) is 17.6 Å². The number of carbonyl (C=O) groups excluding carboxylic acids is 1. The Labute approximate surface area is 79.7 Å². The first-order chi connectivity index (χ1) is 6.24. The van der Waals surface area contributed by atoms with Crippen molar-refractivity contribution >= 4 is 22.4 Å². The fraction of sp³-hybridized carbons (Fsp3) is 0.250. The van der Waals surface area contributed by atoms with Gasteiger partial charge in [0.05, 0.1) is 0 Å². The van der Waals surface area contributed by atoms with Gasteiger partial charge in [0.25, 0.3) is 0 Å². The average molecular weight is 196 g/mol. The number of ether oxygens (including phenoxy) is 1. The molecule has 0 bridgehead atoms. The highest BCUT2D eigenvalue weighted by molar-refractivity contribution is 7.13. The van der Waals surface area contributed by atoms with Gasteiger partial charge in [-0.25, -0.2) is 9.78 Å². The molecule has 0 aliphatic carbocycles. The standard InChI is InChI=1S/C8H8N2O2S/c1-2-3-4-12-7(11)6-5-13-8(9)10-6/h5H,4H2,1H3,(H2,9,10). The Hall–Kier alpha value is -1.54. The molecule has 2 N–H and O–H groups in total. The summed E-state index contributed by atoms with van der Waals surface area (Å²) in [7, 11) is 0. The number of hydrogen-bond acceptors (Lipinski definition) is 5. The molecule has 0 aliphatic rings. The van der Waals surface area contributed by atoms with E-state index in [9.17, 15) is 4.79 Å². The molecule has 0 unspecified atom stereocenters. The number of nitrogens with two attached hydrogens (primary N) is 1. The molecular formula is C8H8N2O2S. The molecule has 0 atom stereocenters. The van der Waals surface area contributed by atoms with Gasteiger partial charge in [0.1, 0.15) is 0 Å². The predicted octanol–water partition coefficient (Wildman–Crippen LogP) is 0.905. The van der Waals surface area contributed by atoms with Crippen LogP contribution in [0.25, 0.3) is 0 Å². The SMILES string of the molecule is CC#CCOC(=O)c1csc(N)n1. The summed E-state index contributed by atoms with van der Waals surface area (Å²) in [4.78, 5) is 14.9. The number of esters is 1. The second-order valence-corrected chi connectivity index (χ2v) is 2.96.